The van der Waals surface area contributed by atoms with E-state index in [1.165, 1.54) is 0 Å². The quantitative estimate of drug-likeness (QED) is 0.230. The maximum Gasteiger partial charge on any atom is 0.289 e. The van der Waals surface area contributed by atoms with Crippen LogP contribution in [0.2, 0.25) is 0 Å². The average Bonchev–Trinajstić information content (AvgIpc) is 2.69. The number of aromatic nitrogens is 2. The summed E-state index contributed by atoms with van der Waals surface area (Å²) in [5, 5.41) is 17.9. The van der Waals surface area contributed by atoms with Crippen molar-refractivity contribution < 1.29 is 4.79 Å². The summed E-state index contributed by atoms with van der Waals surface area (Å²) < 4.78 is 0. The normalized spacial score (nSPS) is 17.7. The van der Waals surface area contributed by atoms with Gasteiger partial charge in [0.2, 0.25) is 5.82 Å². The first kappa shape index (κ1) is 27.1. The van der Waals surface area contributed by atoms with Gasteiger partial charge in [0, 0.05) is 29.8 Å². The van der Waals surface area contributed by atoms with Gasteiger partial charge < -0.3 is 21.7 Å². The molecule has 1 aliphatic carbocycles. The third-order valence-corrected chi connectivity index (χ3v) is 5.69. The summed E-state index contributed by atoms with van der Waals surface area (Å²) in [6.07, 6.45) is 6.06. The van der Waals surface area contributed by atoms with E-state index in [0.29, 0.717) is 12.4 Å². The van der Waals surface area contributed by atoms with Crippen LogP contribution in [0.1, 0.15) is 41.9 Å². The molecule has 2 atom stereocenters. The minimum Gasteiger partial charge on any atom is -0.370 e. The van der Waals surface area contributed by atoms with Crippen LogP contribution in [0, 0.1) is 12.3 Å². The van der Waals surface area contributed by atoms with E-state index in [0.717, 1.165) is 47.9 Å². The molecule has 1 aromatic carbocycles. The molecule has 1 saturated carbocycles. The summed E-state index contributed by atoms with van der Waals surface area (Å²) >= 11 is 1.67. The lowest BCUT2D eigenvalue weighted by Gasteiger charge is -2.33. The number of carbonyl (C=O) groups excluding carboxylic acids is 1. The first-order chi connectivity index (χ1) is 14.0. The van der Waals surface area contributed by atoms with Gasteiger partial charge in [-0.2, -0.15) is 11.8 Å². The van der Waals surface area contributed by atoms with Crippen LogP contribution in [0.25, 0.3) is 10.9 Å². The van der Waals surface area contributed by atoms with Gasteiger partial charge in [0.15, 0.2) is 5.96 Å². The number of amides is 1. The van der Waals surface area contributed by atoms with Gasteiger partial charge >= 0.3 is 0 Å². The lowest BCUT2D eigenvalue weighted by Crippen LogP contribution is -2.50. The monoisotopic (exact) mass is 487 g/mol. The number of carbonyl (C=O) groups is 1. The van der Waals surface area contributed by atoms with Crippen LogP contribution in [-0.2, 0) is 0 Å². The standard InChI is InChI=1S/C20H29N7OS.2ClH/c1-12-7-8-14-13(11-12)17(27-18(24-14)19(28)23-9-10-29-2)25-15-5-3-4-6-16(15)26-20(21)22;;/h7-8,11,15-16H,3-6,9-10H2,1-2H3,(H,23,28)(H4,21,22,26)(H,24,25,27);2*1H/t15-,16+;;/m0../s1. The Bertz CT molecular complexity index is 899. The average molecular weight is 488 g/mol. The Kier molecular flexibility index (Phi) is 11.2. The van der Waals surface area contributed by atoms with Crippen LogP contribution in [0.4, 0.5) is 5.82 Å². The Hall–Kier alpha value is -1.97. The summed E-state index contributed by atoms with van der Waals surface area (Å²) in [7, 11) is 0. The molecule has 0 radical (unpaired) electrons. The molecule has 11 heteroatoms. The first-order valence-corrected chi connectivity index (χ1v) is 11.3. The number of benzene rings is 1. The molecular weight excluding hydrogens is 457 g/mol. The number of fused-ring (bicyclic) bond motifs is 1. The van der Waals surface area contributed by atoms with Gasteiger partial charge in [-0.15, -0.1) is 24.8 Å². The van der Waals surface area contributed by atoms with Crippen molar-refractivity contribution in [1.29, 1.82) is 5.41 Å². The lowest BCUT2D eigenvalue weighted by atomic mass is 9.90. The highest BCUT2D eigenvalue weighted by Crippen LogP contribution is 2.27. The Labute approximate surface area is 199 Å². The van der Waals surface area contributed by atoms with Gasteiger partial charge in [0.05, 0.1) is 5.52 Å². The van der Waals surface area contributed by atoms with E-state index in [1.54, 1.807) is 11.8 Å². The van der Waals surface area contributed by atoms with Crippen molar-refractivity contribution in [3.8, 4) is 0 Å². The zero-order chi connectivity index (χ0) is 20.8. The number of guanidine groups is 1. The Morgan fingerprint density at radius 3 is 2.61 bits per heavy atom. The molecule has 2 aromatic rings. The molecule has 6 N–H and O–H groups in total. The molecule has 0 spiro atoms. The number of anilines is 1. The van der Waals surface area contributed by atoms with Crippen molar-refractivity contribution in [2.24, 2.45) is 5.73 Å². The van der Waals surface area contributed by atoms with E-state index in [2.05, 4.69) is 25.9 Å². The predicted molar refractivity (Wildman–Crippen MR) is 134 cm³/mol. The van der Waals surface area contributed by atoms with Crippen molar-refractivity contribution >= 4 is 65.2 Å². The molecule has 1 aliphatic rings. The minimum atomic E-state index is -0.272. The number of hydrogen-bond donors (Lipinski definition) is 5. The molecule has 0 unspecified atom stereocenters. The van der Waals surface area contributed by atoms with Gasteiger partial charge in [-0.25, -0.2) is 9.97 Å². The molecule has 8 nitrogen and oxygen atoms in total. The zero-order valence-electron chi connectivity index (χ0n) is 17.7. The van der Waals surface area contributed by atoms with Crippen LogP contribution in [0.3, 0.4) is 0 Å². The number of aryl methyl sites for hydroxylation is 1. The van der Waals surface area contributed by atoms with Crippen LogP contribution < -0.4 is 21.7 Å². The number of hydrogen-bond acceptors (Lipinski definition) is 6. The molecule has 0 saturated heterocycles. The molecular formula is C20H31Cl2N7OS. The Balaban J connectivity index is 0.00000240. The second-order valence-electron chi connectivity index (χ2n) is 7.36. The van der Waals surface area contributed by atoms with Crippen molar-refractivity contribution in [1.82, 2.24) is 20.6 Å². The van der Waals surface area contributed by atoms with E-state index in [4.69, 9.17) is 11.1 Å². The SMILES string of the molecule is CSCCNC(=O)c1nc(N[C@H]2CCCC[C@H]2NC(=N)N)c2cc(C)ccc2n1.Cl.Cl. The maximum atomic E-state index is 12.6. The largest absolute Gasteiger partial charge is 0.370 e. The fourth-order valence-electron chi connectivity index (χ4n) is 3.65. The van der Waals surface area contributed by atoms with Gasteiger partial charge in [-0.05, 0) is 38.2 Å². The first-order valence-electron chi connectivity index (χ1n) is 9.90. The van der Waals surface area contributed by atoms with Gasteiger partial charge in [0.25, 0.3) is 5.91 Å². The van der Waals surface area contributed by atoms with Crippen LogP contribution in [-0.4, -0.2) is 52.5 Å². The highest BCUT2D eigenvalue weighted by atomic mass is 35.5. The molecule has 1 fully saturated rings. The summed E-state index contributed by atoms with van der Waals surface area (Å²) in [6.45, 7) is 2.60. The number of nitrogens with one attached hydrogen (secondary N) is 4. The third kappa shape index (κ3) is 7.29. The molecule has 1 amide bonds. The van der Waals surface area contributed by atoms with Crippen molar-refractivity contribution in [3.63, 3.8) is 0 Å². The molecule has 3 rings (SSSR count). The molecule has 31 heavy (non-hydrogen) atoms. The third-order valence-electron chi connectivity index (χ3n) is 5.08. The van der Waals surface area contributed by atoms with Crippen LogP contribution >= 0.6 is 36.6 Å². The Morgan fingerprint density at radius 1 is 1.23 bits per heavy atom. The number of halogens is 2. The second kappa shape index (κ2) is 12.8. The van der Waals surface area contributed by atoms with E-state index < -0.39 is 0 Å². The molecule has 0 aliphatic heterocycles. The molecule has 1 aromatic heterocycles. The van der Waals surface area contributed by atoms with E-state index in [9.17, 15) is 4.79 Å². The summed E-state index contributed by atoms with van der Waals surface area (Å²) in [4.78, 5) is 21.6. The minimum absolute atomic E-state index is 0. The second-order valence-corrected chi connectivity index (χ2v) is 8.35. The van der Waals surface area contributed by atoms with Crippen LogP contribution in [0.15, 0.2) is 18.2 Å². The fourth-order valence-corrected chi connectivity index (χ4v) is 3.96. The van der Waals surface area contributed by atoms with E-state index >= 15 is 0 Å². The van der Waals surface area contributed by atoms with Gasteiger partial charge in [0.1, 0.15) is 5.82 Å². The Morgan fingerprint density at radius 2 is 1.94 bits per heavy atom. The van der Waals surface area contributed by atoms with E-state index in [1.807, 2.05) is 31.4 Å². The number of nitrogens with zero attached hydrogens (tertiary/aromatic N) is 2. The van der Waals surface area contributed by atoms with Crippen molar-refractivity contribution in [3.05, 3.63) is 29.6 Å². The summed E-state index contributed by atoms with van der Waals surface area (Å²) in [6, 6.07) is 6.05. The number of thioether (sulfide) groups is 1. The lowest BCUT2D eigenvalue weighted by molar-refractivity contribution is 0.0946. The maximum absolute atomic E-state index is 12.6. The molecule has 1 heterocycles. The smallest absolute Gasteiger partial charge is 0.289 e. The molecule has 0 bridgehead atoms. The van der Waals surface area contributed by atoms with Gasteiger partial charge in [-0.3, -0.25) is 10.2 Å². The van der Waals surface area contributed by atoms with E-state index in [-0.39, 0.29) is 54.6 Å². The fraction of sp³-hybridized carbons (Fsp3) is 0.500. The summed E-state index contributed by atoms with van der Waals surface area (Å²) in [5.41, 5.74) is 7.41. The summed E-state index contributed by atoms with van der Waals surface area (Å²) in [5.74, 6) is 1.35. The van der Waals surface area contributed by atoms with Crippen molar-refractivity contribution in [2.75, 3.05) is 23.9 Å². The highest BCUT2D eigenvalue weighted by molar-refractivity contribution is 7.98. The number of nitrogens with two attached hydrogens (primary N) is 1. The highest BCUT2D eigenvalue weighted by Gasteiger charge is 2.26. The zero-order valence-corrected chi connectivity index (χ0v) is 20.2. The topological polar surface area (TPSA) is 129 Å². The van der Waals surface area contributed by atoms with Crippen LogP contribution in [0.5, 0.6) is 0 Å². The number of rotatable bonds is 7. The van der Waals surface area contributed by atoms with Crippen molar-refractivity contribution in [2.45, 2.75) is 44.7 Å². The molecule has 172 valence electrons. The van der Waals surface area contributed by atoms with Gasteiger partial charge in [-0.1, -0.05) is 24.5 Å². The predicted octanol–water partition coefficient (Wildman–Crippen LogP) is 3.08.